The zero-order chi connectivity index (χ0) is 11.1. The number of sulfonamides is 1. The molecule has 2 aliphatic rings. The molecular formula is C9H17FN2O2S. The predicted molar refractivity (Wildman–Crippen MR) is 55.6 cm³/mol. The molecule has 0 bridgehead atoms. The summed E-state index contributed by atoms with van der Waals surface area (Å²) in [4.78, 5) is 2.19. The second-order valence-electron chi connectivity index (χ2n) is 4.55. The summed E-state index contributed by atoms with van der Waals surface area (Å²) in [5, 5.41) is 4.70. The Morgan fingerprint density at radius 1 is 1.20 bits per heavy atom. The Balaban J connectivity index is 1.82. The van der Waals surface area contributed by atoms with E-state index in [2.05, 4.69) is 4.90 Å². The van der Waals surface area contributed by atoms with E-state index in [-0.39, 0.29) is 0 Å². The van der Waals surface area contributed by atoms with E-state index in [0.717, 1.165) is 13.1 Å². The van der Waals surface area contributed by atoms with Gasteiger partial charge in [-0.2, -0.15) is 0 Å². The van der Waals surface area contributed by atoms with Crippen LogP contribution in [0.3, 0.4) is 0 Å². The Morgan fingerprint density at radius 3 is 2.13 bits per heavy atom. The fraction of sp³-hybridized carbons (Fsp3) is 1.00. The van der Waals surface area contributed by atoms with Crippen LogP contribution in [0.4, 0.5) is 4.39 Å². The topological polar surface area (TPSA) is 63.4 Å². The van der Waals surface area contributed by atoms with E-state index in [1.165, 1.54) is 0 Å². The van der Waals surface area contributed by atoms with Gasteiger partial charge in [-0.1, -0.05) is 0 Å². The minimum absolute atomic E-state index is 0.335. The number of likely N-dealkylation sites (tertiary alicyclic amines) is 1. The quantitative estimate of drug-likeness (QED) is 0.747. The number of nitrogens with zero attached hydrogens (tertiary/aromatic N) is 1. The summed E-state index contributed by atoms with van der Waals surface area (Å²) in [6.45, 7) is 1.47. The van der Waals surface area contributed by atoms with Gasteiger partial charge in [0.15, 0.2) is 0 Å². The summed E-state index contributed by atoms with van der Waals surface area (Å²) in [6, 6.07) is 0.335. The van der Waals surface area contributed by atoms with E-state index in [0.29, 0.717) is 31.7 Å². The molecule has 6 heteroatoms. The van der Waals surface area contributed by atoms with E-state index in [1.807, 2.05) is 0 Å². The van der Waals surface area contributed by atoms with Crippen molar-refractivity contribution in [3.05, 3.63) is 0 Å². The molecule has 0 aromatic rings. The maximum Gasteiger partial charge on any atom is 0.212 e. The van der Waals surface area contributed by atoms with Crippen molar-refractivity contribution in [2.24, 2.45) is 5.14 Å². The molecule has 0 aromatic heterocycles. The van der Waals surface area contributed by atoms with Crippen LogP contribution in [0.15, 0.2) is 0 Å². The molecule has 0 spiro atoms. The van der Waals surface area contributed by atoms with E-state index in [9.17, 15) is 12.8 Å². The normalized spacial score (nSPS) is 35.1. The van der Waals surface area contributed by atoms with Gasteiger partial charge in [-0.25, -0.2) is 17.9 Å². The van der Waals surface area contributed by atoms with E-state index < -0.39 is 21.4 Å². The highest BCUT2D eigenvalue weighted by Gasteiger charge is 2.36. The number of primary sulfonamides is 1. The zero-order valence-corrected chi connectivity index (χ0v) is 9.42. The molecule has 0 atom stereocenters. The Kier molecular flexibility index (Phi) is 3.00. The van der Waals surface area contributed by atoms with Gasteiger partial charge in [0.25, 0.3) is 0 Å². The molecule has 2 N–H and O–H groups in total. The van der Waals surface area contributed by atoms with Crippen molar-refractivity contribution in [3.63, 3.8) is 0 Å². The van der Waals surface area contributed by atoms with Gasteiger partial charge in [-0.15, -0.1) is 0 Å². The lowest BCUT2D eigenvalue weighted by molar-refractivity contribution is 0.0425. The summed E-state index contributed by atoms with van der Waals surface area (Å²) in [5.74, 6) is 0. The smallest absolute Gasteiger partial charge is 0.212 e. The summed E-state index contributed by atoms with van der Waals surface area (Å²) in [7, 11) is -3.38. The van der Waals surface area contributed by atoms with Crippen molar-refractivity contribution in [1.82, 2.24) is 4.90 Å². The Bertz CT molecular complexity index is 319. The van der Waals surface area contributed by atoms with Crippen LogP contribution in [0.2, 0.25) is 0 Å². The van der Waals surface area contributed by atoms with Crippen LogP contribution in [-0.2, 0) is 10.0 Å². The molecule has 0 unspecified atom stereocenters. The monoisotopic (exact) mass is 236 g/mol. The van der Waals surface area contributed by atoms with Gasteiger partial charge in [0, 0.05) is 6.04 Å². The maximum absolute atomic E-state index is 12.6. The molecule has 2 fully saturated rings. The highest BCUT2D eigenvalue weighted by Crippen LogP contribution is 2.30. The number of rotatable bonds is 2. The molecule has 88 valence electrons. The first-order valence-electron chi connectivity index (χ1n) is 5.36. The third-order valence-corrected chi connectivity index (χ3v) is 4.91. The zero-order valence-electron chi connectivity index (χ0n) is 8.60. The molecule has 0 radical (unpaired) electrons. The van der Waals surface area contributed by atoms with Crippen molar-refractivity contribution >= 4 is 10.0 Å². The lowest BCUT2D eigenvalue weighted by Crippen LogP contribution is -2.51. The van der Waals surface area contributed by atoms with Crippen molar-refractivity contribution in [1.29, 1.82) is 0 Å². The Labute approximate surface area is 89.7 Å². The second kappa shape index (κ2) is 3.99. The standard InChI is InChI=1S/C9H17FN2O2S/c10-7-5-8(6-7)12-3-1-9(2-4-12)15(11,13)14/h7-9H,1-6H2,(H2,11,13,14). The highest BCUT2D eigenvalue weighted by molar-refractivity contribution is 7.89. The van der Waals surface area contributed by atoms with Gasteiger partial charge in [-0.05, 0) is 38.8 Å². The number of nitrogens with two attached hydrogens (primary N) is 1. The second-order valence-corrected chi connectivity index (χ2v) is 6.39. The lowest BCUT2D eigenvalue weighted by Gasteiger charge is -2.42. The number of hydrogen-bond donors (Lipinski definition) is 1. The summed E-state index contributed by atoms with van der Waals surface area (Å²) < 4.78 is 34.8. The molecule has 4 nitrogen and oxygen atoms in total. The number of hydrogen-bond acceptors (Lipinski definition) is 3. The average molecular weight is 236 g/mol. The molecular weight excluding hydrogens is 219 g/mol. The summed E-state index contributed by atoms with van der Waals surface area (Å²) in [6.07, 6.45) is 1.75. The van der Waals surface area contributed by atoms with Crippen LogP contribution in [0.1, 0.15) is 25.7 Å². The van der Waals surface area contributed by atoms with E-state index in [1.54, 1.807) is 0 Å². The molecule has 1 saturated carbocycles. The Morgan fingerprint density at radius 2 is 1.73 bits per heavy atom. The van der Waals surface area contributed by atoms with Gasteiger partial charge in [0.2, 0.25) is 10.0 Å². The fourth-order valence-electron chi connectivity index (χ4n) is 2.39. The minimum Gasteiger partial charge on any atom is -0.300 e. The Hall–Kier alpha value is -0.200. The van der Waals surface area contributed by atoms with Gasteiger partial charge >= 0.3 is 0 Å². The number of halogens is 1. The van der Waals surface area contributed by atoms with Gasteiger partial charge < -0.3 is 4.90 Å². The van der Waals surface area contributed by atoms with Crippen molar-refractivity contribution in [2.45, 2.75) is 43.1 Å². The van der Waals surface area contributed by atoms with Crippen LogP contribution >= 0.6 is 0 Å². The SMILES string of the molecule is NS(=O)(=O)C1CCN(C2CC(F)C2)CC1. The minimum atomic E-state index is -3.38. The average Bonchev–Trinajstić information content (AvgIpc) is 2.12. The molecule has 1 aliphatic heterocycles. The molecule has 2 rings (SSSR count). The van der Waals surface area contributed by atoms with Gasteiger partial charge in [0.05, 0.1) is 5.25 Å². The van der Waals surface area contributed by atoms with Gasteiger partial charge in [-0.3, -0.25) is 0 Å². The molecule has 15 heavy (non-hydrogen) atoms. The predicted octanol–water partition coefficient (Wildman–Crippen LogP) is 0.240. The summed E-state index contributed by atoms with van der Waals surface area (Å²) in [5.41, 5.74) is 0. The van der Waals surface area contributed by atoms with Crippen molar-refractivity contribution in [2.75, 3.05) is 13.1 Å². The van der Waals surface area contributed by atoms with Crippen molar-refractivity contribution in [3.8, 4) is 0 Å². The van der Waals surface area contributed by atoms with Crippen LogP contribution < -0.4 is 5.14 Å². The van der Waals surface area contributed by atoms with E-state index >= 15 is 0 Å². The van der Waals surface area contributed by atoms with Crippen LogP contribution in [0, 0.1) is 0 Å². The lowest BCUT2D eigenvalue weighted by atomic mass is 9.88. The molecule has 1 heterocycles. The maximum atomic E-state index is 12.6. The first-order valence-corrected chi connectivity index (χ1v) is 6.97. The van der Waals surface area contributed by atoms with Crippen LogP contribution in [-0.4, -0.2) is 43.9 Å². The van der Waals surface area contributed by atoms with Crippen LogP contribution in [0.25, 0.3) is 0 Å². The van der Waals surface area contributed by atoms with Gasteiger partial charge in [0.1, 0.15) is 6.17 Å². The third-order valence-electron chi connectivity index (χ3n) is 3.51. The van der Waals surface area contributed by atoms with Crippen molar-refractivity contribution < 1.29 is 12.8 Å². The molecule has 1 aliphatic carbocycles. The van der Waals surface area contributed by atoms with Crippen LogP contribution in [0.5, 0.6) is 0 Å². The summed E-state index contributed by atoms with van der Waals surface area (Å²) >= 11 is 0. The molecule has 0 amide bonds. The number of alkyl halides is 1. The molecule has 0 aromatic carbocycles. The molecule has 1 saturated heterocycles. The van der Waals surface area contributed by atoms with E-state index in [4.69, 9.17) is 5.14 Å². The largest absolute Gasteiger partial charge is 0.300 e. The fourth-order valence-corrected chi connectivity index (χ4v) is 3.26. The first kappa shape index (κ1) is 11.3. The highest BCUT2D eigenvalue weighted by atomic mass is 32.2. The number of piperidine rings is 1. The third kappa shape index (κ3) is 2.49. The first-order chi connectivity index (χ1) is 6.97.